The second kappa shape index (κ2) is 2.71. The van der Waals surface area contributed by atoms with E-state index in [4.69, 9.17) is 16.9 Å². The van der Waals surface area contributed by atoms with Gasteiger partial charge in [-0.15, -0.1) is 0 Å². The molecule has 0 radical (unpaired) electrons. The Morgan fingerprint density at radius 3 is 3.00 bits per heavy atom. The number of hydrogen-bond donors (Lipinski definition) is 1. The minimum Gasteiger partial charge on any atom is -0.345 e. The lowest BCUT2D eigenvalue weighted by atomic mass is 10.3. The maximum absolute atomic E-state index is 8.73. The second-order valence-electron chi connectivity index (χ2n) is 2.60. The SMILES string of the molecule is Cc1nc(Cl)c2c(C#N)c[nH]c2n1. The molecule has 0 unspecified atom stereocenters. The van der Waals surface area contributed by atoms with Crippen molar-refractivity contribution in [3.63, 3.8) is 0 Å². The summed E-state index contributed by atoms with van der Waals surface area (Å²) < 4.78 is 0. The number of aromatic amines is 1. The highest BCUT2D eigenvalue weighted by Gasteiger charge is 2.09. The van der Waals surface area contributed by atoms with E-state index in [0.29, 0.717) is 27.6 Å². The lowest BCUT2D eigenvalue weighted by Gasteiger charge is -1.94. The van der Waals surface area contributed by atoms with E-state index in [1.807, 2.05) is 6.07 Å². The maximum Gasteiger partial charge on any atom is 0.143 e. The molecule has 0 spiro atoms. The largest absolute Gasteiger partial charge is 0.345 e. The van der Waals surface area contributed by atoms with E-state index in [0.717, 1.165) is 0 Å². The van der Waals surface area contributed by atoms with Crippen molar-refractivity contribution in [2.24, 2.45) is 0 Å². The summed E-state index contributed by atoms with van der Waals surface area (Å²) in [7, 11) is 0. The van der Waals surface area contributed by atoms with Crippen LogP contribution < -0.4 is 0 Å². The zero-order valence-corrected chi connectivity index (χ0v) is 7.55. The predicted octanol–water partition coefficient (Wildman–Crippen LogP) is 1.79. The van der Waals surface area contributed by atoms with E-state index in [9.17, 15) is 0 Å². The number of rotatable bonds is 0. The van der Waals surface area contributed by atoms with Gasteiger partial charge in [-0.1, -0.05) is 11.6 Å². The highest BCUT2D eigenvalue weighted by molar-refractivity contribution is 6.34. The van der Waals surface area contributed by atoms with Crippen molar-refractivity contribution < 1.29 is 0 Å². The predicted molar refractivity (Wildman–Crippen MR) is 48.4 cm³/mol. The van der Waals surface area contributed by atoms with Gasteiger partial charge in [0.1, 0.15) is 22.7 Å². The summed E-state index contributed by atoms with van der Waals surface area (Å²) in [4.78, 5) is 10.9. The van der Waals surface area contributed by atoms with Gasteiger partial charge in [-0.3, -0.25) is 0 Å². The van der Waals surface area contributed by atoms with Crippen LogP contribution in [0.1, 0.15) is 11.4 Å². The minimum absolute atomic E-state index is 0.320. The average Bonchev–Trinajstić information content (AvgIpc) is 2.47. The summed E-state index contributed by atoms with van der Waals surface area (Å²) in [5, 5.41) is 9.65. The van der Waals surface area contributed by atoms with Crippen LogP contribution in [0.2, 0.25) is 5.15 Å². The Labute approximate surface area is 79.2 Å². The molecule has 0 saturated heterocycles. The fraction of sp³-hybridized carbons (Fsp3) is 0.125. The van der Waals surface area contributed by atoms with Gasteiger partial charge in [0, 0.05) is 6.20 Å². The van der Waals surface area contributed by atoms with Crippen LogP contribution in [0.5, 0.6) is 0 Å². The normalized spacial score (nSPS) is 10.2. The molecule has 0 fully saturated rings. The Morgan fingerprint density at radius 2 is 2.31 bits per heavy atom. The standard InChI is InChI=1S/C8H5ClN4/c1-4-12-7(9)6-5(2-10)3-11-8(6)13-4/h3H,1H3,(H,11,12,13). The lowest BCUT2D eigenvalue weighted by molar-refractivity contribution is 1.08. The highest BCUT2D eigenvalue weighted by Crippen LogP contribution is 2.22. The van der Waals surface area contributed by atoms with Crippen molar-refractivity contribution in [1.82, 2.24) is 15.0 Å². The summed E-state index contributed by atoms with van der Waals surface area (Å²) in [5.74, 6) is 0.587. The number of nitrogens with one attached hydrogen (secondary N) is 1. The molecule has 0 aliphatic carbocycles. The number of nitriles is 1. The second-order valence-corrected chi connectivity index (χ2v) is 2.96. The molecule has 0 bridgehead atoms. The number of halogens is 1. The summed E-state index contributed by atoms with van der Waals surface area (Å²) in [6.07, 6.45) is 1.57. The molecule has 64 valence electrons. The number of nitrogens with zero attached hydrogens (tertiary/aromatic N) is 3. The van der Waals surface area contributed by atoms with Crippen molar-refractivity contribution >= 4 is 22.6 Å². The van der Waals surface area contributed by atoms with Crippen molar-refractivity contribution in [2.75, 3.05) is 0 Å². The summed E-state index contributed by atoms with van der Waals surface area (Å²) in [6, 6.07) is 2.01. The van der Waals surface area contributed by atoms with E-state index in [-0.39, 0.29) is 0 Å². The minimum atomic E-state index is 0.320. The van der Waals surface area contributed by atoms with Crippen molar-refractivity contribution in [3.8, 4) is 6.07 Å². The fourth-order valence-corrected chi connectivity index (χ4v) is 1.50. The van der Waals surface area contributed by atoms with Crippen molar-refractivity contribution in [2.45, 2.75) is 6.92 Å². The van der Waals surface area contributed by atoms with Crippen LogP contribution in [-0.4, -0.2) is 15.0 Å². The van der Waals surface area contributed by atoms with Gasteiger partial charge in [0.05, 0.1) is 10.9 Å². The zero-order valence-electron chi connectivity index (χ0n) is 6.80. The third-order valence-corrected chi connectivity index (χ3v) is 1.99. The van der Waals surface area contributed by atoms with E-state index >= 15 is 0 Å². The molecule has 0 amide bonds. The van der Waals surface area contributed by atoms with Gasteiger partial charge >= 0.3 is 0 Å². The van der Waals surface area contributed by atoms with E-state index in [2.05, 4.69) is 15.0 Å². The van der Waals surface area contributed by atoms with Crippen LogP contribution in [0.3, 0.4) is 0 Å². The summed E-state index contributed by atoms with van der Waals surface area (Å²) in [5.41, 5.74) is 1.08. The van der Waals surface area contributed by atoms with Crippen molar-refractivity contribution in [3.05, 3.63) is 22.7 Å². The molecule has 0 atom stereocenters. The highest BCUT2D eigenvalue weighted by atomic mass is 35.5. The number of aromatic nitrogens is 3. The Morgan fingerprint density at radius 1 is 1.54 bits per heavy atom. The molecule has 13 heavy (non-hydrogen) atoms. The molecule has 1 N–H and O–H groups in total. The summed E-state index contributed by atoms with van der Waals surface area (Å²) >= 11 is 5.87. The van der Waals surface area contributed by atoms with Crippen LogP contribution >= 0.6 is 11.6 Å². The first-order valence-electron chi connectivity index (χ1n) is 3.63. The Bertz CT molecular complexity index is 509. The lowest BCUT2D eigenvalue weighted by Crippen LogP contribution is -1.89. The third-order valence-electron chi connectivity index (χ3n) is 1.72. The van der Waals surface area contributed by atoms with Gasteiger partial charge in [0.25, 0.3) is 0 Å². The van der Waals surface area contributed by atoms with Crippen LogP contribution in [0.25, 0.3) is 11.0 Å². The molecule has 5 heteroatoms. The molecule has 2 aromatic rings. The maximum atomic E-state index is 8.73. The Kier molecular flexibility index (Phi) is 1.67. The van der Waals surface area contributed by atoms with Gasteiger partial charge in [0.15, 0.2) is 0 Å². The third kappa shape index (κ3) is 1.14. The molecule has 0 aromatic carbocycles. The van der Waals surface area contributed by atoms with Gasteiger partial charge in [-0.2, -0.15) is 5.26 Å². The zero-order chi connectivity index (χ0) is 9.42. The number of aryl methyl sites for hydroxylation is 1. The first kappa shape index (κ1) is 8.02. The molecule has 0 aliphatic rings. The Balaban J connectivity index is 2.92. The first-order valence-corrected chi connectivity index (χ1v) is 4.01. The smallest absolute Gasteiger partial charge is 0.143 e. The summed E-state index contributed by atoms with van der Waals surface area (Å²) in [6.45, 7) is 1.75. The number of H-pyrrole nitrogens is 1. The van der Waals surface area contributed by atoms with Crippen LogP contribution in [0.15, 0.2) is 6.20 Å². The fourth-order valence-electron chi connectivity index (χ4n) is 1.18. The van der Waals surface area contributed by atoms with Crippen LogP contribution in [0.4, 0.5) is 0 Å². The molecule has 4 nitrogen and oxygen atoms in total. The molecule has 2 aromatic heterocycles. The molecule has 0 aliphatic heterocycles. The molecule has 0 saturated carbocycles. The molecular weight excluding hydrogens is 188 g/mol. The van der Waals surface area contributed by atoms with E-state index in [1.165, 1.54) is 0 Å². The first-order chi connectivity index (χ1) is 6.22. The molecule has 2 rings (SSSR count). The van der Waals surface area contributed by atoms with E-state index in [1.54, 1.807) is 13.1 Å². The number of hydrogen-bond acceptors (Lipinski definition) is 3. The van der Waals surface area contributed by atoms with Gasteiger partial charge < -0.3 is 4.98 Å². The molecule has 2 heterocycles. The van der Waals surface area contributed by atoms with Gasteiger partial charge in [0.2, 0.25) is 0 Å². The van der Waals surface area contributed by atoms with Gasteiger partial charge in [-0.25, -0.2) is 9.97 Å². The monoisotopic (exact) mass is 192 g/mol. The Hall–Kier alpha value is -1.60. The van der Waals surface area contributed by atoms with Crippen LogP contribution in [0, 0.1) is 18.3 Å². The van der Waals surface area contributed by atoms with Gasteiger partial charge in [-0.05, 0) is 6.92 Å². The average molecular weight is 193 g/mol. The molecular formula is C8H5ClN4. The van der Waals surface area contributed by atoms with Crippen molar-refractivity contribution in [1.29, 1.82) is 5.26 Å². The van der Waals surface area contributed by atoms with E-state index < -0.39 is 0 Å². The van der Waals surface area contributed by atoms with Crippen LogP contribution in [-0.2, 0) is 0 Å². The number of fused-ring (bicyclic) bond motifs is 1. The topological polar surface area (TPSA) is 65.4 Å². The quantitative estimate of drug-likeness (QED) is 0.648.